The molecule has 0 heterocycles. The molecule has 0 spiro atoms. The topological polar surface area (TPSA) is 62.3 Å². The molecular formula is C13H20FN3O. The van der Waals surface area contributed by atoms with Gasteiger partial charge in [-0.15, -0.1) is 0 Å². The fourth-order valence-electron chi connectivity index (χ4n) is 1.71. The summed E-state index contributed by atoms with van der Waals surface area (Å²) in [5.41, 5.74) is 6.58. The number of likely N-dealkylation sites (N-methyl/N-ethyl adjacent to an activating group) is 1. The summed E-state index contributed by atoms with van der Waals surface area (Å²) in [7, 11) is 3.60. The standard InChI is InChI=1S/C13H20FN3O/c1-9(8-18-3)17(2)7-10-4-11(13(15)16)6-12(14)5-10/h4-6,9H,7-8H2,1-3H3,(H3,15,16). The molecule has 0 bridgehead atoms. The van der Waals surface area contributed by atoms with E-state index in [1.54, 1.807) is 13.2 Å². The fourth-order valence-corrected chi connectivity index (χ4v) is 1.71. The Balaban J connectivity index is 2.81. The van der Waals surface area contributed by atoms with Gasteiger partial charge in [0.15, 0.2) is 0 Å². The second-order valence-corrected chi connectivity index (χ2v) is 4.48. The average Bonchev–Trinajstić information content (AvgIpc) is 2.28. The van der Waals surface area contributed by atoms with Gasteiger partial charge in [0.05, 0.1) is 6.61 Å². The Labute approximate surface area is 107 Å². The van der Waals surface area contributed by atoms with Gasteiger partial charge in [-0.3, -0.25) is 10.3 Å². The van der Waals surface area contributed by atoms with Crippen molar-refractivity contribution in [2.75, 3.05) is 20.8 Å². The van der Waals surface area contributed by atoms with Crippen LogP contribution in [0.15, 0.2) is 18.2 Å². The number of hydrogen-bond donors (Lipinski definition) is 2. The maximum Gasteiger partial charge on any atom is 0.124 e. The molecule has 0 amide bonds. The predicted octanol–water partition coefficient (Wildman–Crippen LogP) is 1.58. The summed E-state index contributed by atoms with van der Waals surface area (Å²) in [4.78, 5) is 2.06. The van der Waals surface area contributed by atoms with E-state index in [1.165, 1.54) is 12.1 Å². The lowest BCUT2D eigenvalue weighted by Crippen LogP contribution is -2.32. The Morgan fingerprint density at radius 3 is 2.72 bits per heavy atom. The van der Waals surface area contributed by atoms with Gasteiger partial charge in [-0.1, -0.05) is 0 Å². The van der Waals surface area contributed by atoms with Crippen molar-refractivity contribution in [3.05, 3.63) is 35.1 Å². The van der Waals surface area contributed by atoms with Crippen molar-refractivity contribution in [3.63, 3.8) is 0 Å². The summed E-state index contributed by atoms with van der Waals surface area (Å²) in [5, 5.41) is 7.34. The second kappa shape index (κ2) is 6.47. The first kappa shape index (κ1) is 14.6. The lowest BCUT2D eigenvalue weighted by molar-refractivity contribution is 0.112. The zero-order chi connectivity index (χ0) is 13.7. The SMILES string of the molecule is COCC(C)N(C)Cc1cc(F)cc(C(=N)N)c1. The van der Waals surface area contributed by atoms with Crippen LogP contribution in [0.25, 0.3) is 0 Å². The smallest absolute Gasteiger partial charge is 0.124 e. The van der Waals surface area contributed by atoms with Crippen LogP contribution in [0.3, 0.4) is 0 Å². The van der Waals surface area contributed by atoms with Gasteiger partial charge in [0.2, 0.25) is 0 Å². The molecule has 1 aromatic rings. The van der Waals surface area contributed by atoms with Crippen LogP contribution in [0.1, 0.15) is 18.1 Å². The number of benzene rings is 1. The zero-order valence-corrected chi connectivity index (χ0v) is 11.0. The van der Waals surface area contributed by atoms with Crippen LogP contribution in [0.4, 0.5) is 4.39 Å². The average molecular weight is 253 g/mol. The number of nitrogens with one attached hydrogen (secondary N) is 1. The maximum absolute atomic E-state index is 13.4. The first-order valence-electron chi connectivity index (χ1n) is 5.77. The van der Waals surface area contributed by atoms with E-state index < -0.39 is 0 Å². The van der Waals surface area contributed by atoms with Crippen molar-refractivity contribution in [3.8, 4) is 0 Å². The monoisotopic (exact) mass is 253 g/mol. The molecule has 4 nitrogen and oxygen atoms in total. The van der Waals surface area contributed by atoms with Gasteiger partial charge in [-0.25, -0.2) is 4.39 Å². The summed E-state index contributed by atoms with van der Waals surface area (Å²) < 4.78 is 18.5. The van der Waals surface area contributed by atoms with E-state index in [0.29, 0.717) is 18.7 Å². The van der Waals surface area contributed by atoms with Gasteiger partial charge in [0.25, 0.3) is 0 Å². The van der Waals surface area contributed by atoms with Gasteiger partial charge in [0.1, 0.15) is 11.7 Å². The Bertz CT molecular complexity index is 423. The second-order valence-electron chi connectivity index (χ2n) is 4.48. The van der Waals surface area contributed by atoms with Gasteiger partial charge in [-0.2, -0.15) is 0 Å². The predicted molar refractivity (Wildman–Crippen MR) is 70.2 cm³/mol. The Morgan fingerprint density at radius 1 is 1.50 bits per heavy atom. The van der Waals surface area contributed by atoms with E-state index in [9.17, 15) is 4.39 Å². The first-order chi connectivity index (χ1) is 8.43. The highest BCUT2D eigenvalue weighted by Gasteiger charge is 2.11. The third-order valence-electron chi connectivity index (χ3n) is 2.86. The lowest BCUT2D eigenvalue weighted by Gasteiger charge is -2.24. The molecule has 1 unspecified atom stereocenters. The van der Waals surface area contributed by atoms with Crippen molar-refractivity contribution in [2.24, 2.45) is 5.73 Å². The van der Waals surface area contributed by atoms with Crippen molar-refractivity contribution in [1.82, 2.24) is 4.90 Å². The lowest BCUT2D eigenvalue weighted by atomic mass is 10.1. The highest BCUT2D eigenvalue weighted by atomic mass is 19.1. The molecule has 1 aromatic carbocycles. The number of nitrogens with zero attached hydrogens (tertiary/aromatic N) is 1. The molecule has 0 aliphatic heterocycles. The molecule has 1 rings (SSSR count). The largest absolute Gasteiger partial charge is 0.384 e. The number of nitrogen functional groups attached to an aromatic ring is 1. The van der Waals surface area contributed by atoms with Gasteiger partial charge < -0.3 is 10.5 Å². The van der Waals surface area contributed by atoms with Crippen molar-refractivity contribution >= 4 is 5.84 Å². The van der Waals surface area contributed by atoms with E-state index in [1.807, 2.05) is 14.0 Å². The molecule has 5 heteroatoms. The third-order valence-corrected chi connectivity index (χ3v) is 2.86. The molecule has 0 aliphatic rings. The van der Waals surface area contributed by atoms with Crippen LogP contribution in [0.2, 0.25) is 0 Å². The van der Waals surface area contributed by atoms with Gasteiger partial charge >= 0.3 is 0 Å². The van der Waals surface area contributed by atoms with E-state index >= 15 is 0 Å². The molecular weight excluding hydrogens is 233 g/mol. The van der Waals surface area contributed by atoms with Crippen LogP contribution >= 0.6 is 0 Å². The normalized spacial score (nSPS) is 12.7. The zero-order valence-electron chi connectivity index (χ0n) is 11.0. The summed E-state index contributed by atoms with van der Waals surface area (Å²) in [6.45, 7) is 3.24. The van der Waals surface area contributed by atoms with Crippen LogP contribution < -0.4 is 5.73 Å². The number of methoxy groups -OCH3 is 1. The molecule has 0 fully saturated rings. The molecule has 18 heavy (non-hydrogen) atoms. The minimum Gasteiger partial charge on any atom is -0.384 e. The minimum absolute atomic E-state index is 0.122. The van der Waals surface area contributed by atoms with Crippen LogP contribution in [-0.2, 0) is 11.3 Å². The fraction of sp³-hybridized carbons (Fsp3) is 0.462. The van der Waals surface area contributed by atoms with Crippen LogP contribution in [0, 0.1) is 11.2 Å². The number of ether oxygens (including phenoxy) is 1. The first-order valence-corrected chi connectivity index (χ1v) is 5.77. The Hall–Kier alpha value is -1.46. The highest BCUT2D eigenvalue weighted by Crippen LogP contribution is 2.12. The number of hydrogen-bond acceptors (Lipinski definition) is 3. The van der Waals surface area contributed by atoms with E-state index in [4.69, 9.17) is 15.9 Å². The van der Waals surface area contributed by atoms with Gasteiger partial charge in [-0.05, 0) is 37.7 Å². The number of rotatable bonds is 6. The van der Waals surface area contributed by atoms with Gasteiger partial charge in [0, 0.05) is 25.3 Å². The van der Waals surface area contributed by atoms with Crippen molar-refractivity contribution in [2.45, 2.75) is 19.5 Å². The van der Waals surface area contributed by atoms with E-state index in [-0.39, 0.29) is 17.7 Å². The van der Waals surface area contributed by atoms with Crippen molar-refractivity contribution < 1.29 is 9.13 Å². The molecule has 0 aliphatic carbocycles. The maximum atomic E-state index is 13.4. The molecule has 0 radical (unpaired) electrons. The molecule has 0 aromatic heterocycles. The van der Waals surface area contributed by atoms with Crippen LogP contribution in [0.5, 0.6) is 0 Å². The molecule has 0 saturated carbocycles. The molecule has 100 valence electrons. The number of amidine groups is 1. The molecule has 3 N–H and O–H groups in total. The quantitative estimate of drug-likeness (QED) is 0.597. The molecule has 1 atom stereocenters. The summed E-state index contributed by atoms with van der Waals surface area (Å²) in [6, 6.07) is 4.70. The Kier molecular flexibility index (Phi) is 5.25. The van der Waals surface area contributed by atoms with E-state index in [2.05, 4.69) is 4.90 Å². The van der Waals surface area contributed by atoms with Crippen molar-refractivity contribution in [1.29, 1.82) is 5.41 Å². The van der Waals surface area contributed by atoms with E-state index in [0.717, 1.165) is 5.56 Å². The Morgan fingerprint density at radius 2 is 2.17 bits per heavy atom. The third kappa shape index (κ3) is 4.09. The highest BCUT2D eigenvalue weighted by molar-refractivity contribution is 5.95. The summed E-state index contributed by atoms with van der Waals surface area (Å²) in [6.07, 6.45) is 0. The van der Waals surface area contributed by atoms with Crippen LogP contribution in [-0.4, -0.2) is 37.5 Å². The molecule has 0 saturated heterocycles. The number of nitrogens with two attached hydrogens (primary N) is 1. The summed E-state index contributed by atoms with van der Waals surface area (Å²) in [5.74, 6) is -0.492. The number of halogens is 1. The summed E-state index contributed by atoms with van der Waals surface area (Å²) >= 11 is 0. The minimum atomic E-state index is -0.370.